The number of thiocarbonyl (C=S) groups is 1. The molecule has 1 amide bonds. The summed E-state index contributed by atoms with van der Waals surface area (Å²) in [6, 6.07) is 14.6. The Labute approximate surface area is 172 Å². The van der Waals surface area contributed by atoms with Crippen molar-refractivity contribution in [2.24, 2.45) is 0 Å². The highest BCUT2D eigenvalue weighted by atomic mass is 79.9. The number of carbonyl (C=O) groups is 1. The van der Waals surface area contributed by atoms with Crippen molar-refractivity contribution in [2.45, 2.75) is 6.92 Å². The largest absolute Gasteiger partial charge is 0.451 e. The van der Waals surface area contributed by atoms with Crippen LogP contribution < -0.4 is 10.6 Å². The van der Waals surface area contributed by atoms with E-state index in [1.54, 1.807) is 18.2 Å². The molecule has 3 rings (SSSR count). The van der Waals surface area contributed by atoms with Gasteiger partial charge in [-0.1, -0.05) is 28.1 Å². The van der Waals surface area contributed by atoms with Gasteiger partial charge in [0.1, 0.15) is 11.6 Å². The summed E-state index contributed by atoms with van der Waals surface area (Å²) >= 11 is 11.9. The number of carbonyl (C=O) groups excluding carboxylic acids is 1. The van der Waals surface area contributed by atoms with Gasteiger partial charge in [0, 0.05) is 14.5 Å². The van der Waals surface area contributed by atoms with Crippen LogP contribution >= 0.6 is 44.1 Å². The molecule has 1 aromatic carbocycles. The molecule has 0 unspecified atom stereocenters. The van der Waals surface area contributed by atoms with E-state index >= 15 is 0 Å². The zero-order valence-electron chi connectivity index (χ0n) is 13.5. The molecule has 0 saturated carbocycles. The predicted molar refractivity (Wildman–Crippen MR) is 112 cm³/mol. The van der Waals surface area contributed by atoms with Gasteiger partial charge >= 0.3 is 0 Å². The van der Waals surface area contributed by atoms with Crippen LogP contribution in [0.25, 0.3) is 11.3 Å². The third-order valence-electron chi connectivity index (χ3n) is 3.45. The molecule has 0 aliphatic heterocycles. The third kappa shape index (κ3) is 4.57. The van der Waals surface area contributed by atoms with Crippen LogP contribution in [0.5, 0.6) is 0 Å². The number of pyridine rings is 1. The molecule has 0 fully saturated rings. The molecule has 5 nitrogen and oxygen atoms in total. The van der Waals surface area contributed by atoms with Crippen LogP contribution in [0.2, 0.25) is 0 Å². The first-order chi connectivity index (χ1) is 12.4. The molecule has 2 N–H and O–H groups in total. The van der Waals surface area contributed by atoms with Gasteiger partial charge in [0.05, 0.1) is 5.69 Å². The van der Waals surface area contributed by atoms with Crippen molar-refractivity contribution in [1.82, 2.24) is 10.3 Å². The second-order valence-electron chi connectivity index (χ2n) is 5.34. The van der Waals surface area contributed by atoms with E-state index in [-0.39, 0.29) is 10.9 Å². The summed E-state index contributed by atoms with van der Waals surface area (Å²) in [5, 5.41) is 5.60. The molecule has 3 aromatic rings. The van der Waals surface area contributed by atoms with E-state index < -0.39 is 5.91 Å². The van der Waals surface area contributed by atoms with Crippen molar-refractivity contribution >= 4 is 60.9 Å². The molecule has 0 radical (unpaired) electrons. The number of hydrogen-bond acceptors (Lipinski definition) is 4. The summed E-state index contributed by atoms with van der Waals surface area (Å²) in [4.78, 5) is 16.6. The summed E-state index contributed by atoms with van der Waals surface area (Å²) in [5.74, 6) is 0.893. The van der Waals surface area contributed by atoms with Crippen molar-refractivity contribution in [2.75, 3.05) is 5.32 Å². The van der Waals surface area contributed by atoms with Crippen molar-refractivity contribution in [3.05, 3.63) is 68.9 Å². The van der Waals surface area contributed by atoms with Gasteiger partial charge in [-0.2, -0.15) is 0 Å². The van der Waals surface area contributed by atoms with Gasteiger partial charge < -0.3 is 9.73 Å². The molecule has 132 valence electrons. The number of nitrogens with one attached hydrogen (secondary N) is 2. The van der Waals surface area contributed by atoms with Crippen LogP contribution in [0, 0.1) is 6.92 Å². The Morgan fingerprint density at radius 2 is 1.81 bits per heavy atom. The van der Waals surface area contributed by atoms with Crippen LogP contribution in [-0.4, -0.2) is 16.0 Å². The Balaban J connectivity index is 1.65. The van der Waals surface area contributed by atoms with E-state index in [2.05, 4.69) is 47.5 Å². The minimum Gasteiger partial charge on any atom is -0.451 e. The SMILES string of the molecule is Cc1nc(NC(=S)NC(=O)c2ccc(-c3ccc(Br)cc3)o2)ccc1Br. The van der Waals surface area contributed by atoms with Crippen molar-refractivity contribution in [3.63, 3.8) is 0 Å². The number of aryl methyl sites for hydroxylation is 1. The lowest BCUT2D eigenvalue weighted by molar-refractivity contribution is 0.0951. The summed E-state index contributed by atoms with van der Waals surface area (Å²) in [6.45, 7) is 1.86. The Hall–Kier alpha value is -2.03. The molecule has 0 aliphatic rings. The highest BCUT2D eigenvalue weighted by Gasteiger charge is 2.14. The fourth-order valence-corrected chi connectivity index (χ4v) is 2.84. The van der Waals surface area contributed by atoms with E-state index in [9.17, 15) is 4.79 Å². The third-order valence-corrected chi connectivity index (χ3v) is 5.02. The molecule has 0 bridgehead atoms. The van der Waals surface area contributed by atoms with Crippen molar-refractivity contribution < 1.29 is 9.21 Å². The average molecular weight is 495 g/mol. The van der Waals surface area contributed by atoms with E-state index in [0.717, 1.165) is 20.2 Å². The number of aromatic nitrogens is 1. The molecule has 26 heavy (non-hydrogen) atoms. The Kier molecular flexibility index (Phi) is 5.85. The van der Waals surface area contributed by atoms with Gasteiger partial charge in [0.25, 0.3) is 5.91 Å². The lowest BCUT2D eigenvalue weighted by atomic mass is 10.2. The van der Waals surface area contributed by atoms with E-state index in [4.69, 9.17) is 16.6 Å². The first-order valence-corrected chi connectivity index (χ1v) is 9.53. The smallest absolute Gasteiger partial charge is 0.293 e. The molecule has 2 heterocycles. The number of anilines is 1. The topological polar surface area (TPSA) is 67.2 Å². The minimum atomic E-state index is -0.431. The Bertz CT molecular complexity index is 971. The molecule has 0 atom stereocenters. The lowest BCUT2D eigenvalue weighted by Crippen LogP contribution is -2.34. The quantitative estimate of drug-likeness (QED) is 0.483. The van der Waals surface area contributed by atoms with Crippen molar-refractivity contribution in [3.8, 4) is 11.3 Å². The lowest BCUT2D eigenvalue weighted by Gasteiger charge is -2.09. The number of rotatable bonds is 3. The molecule has 0 spiro atoms. The van der Waals surface area contributed by atoms with Crippen molar-refractivity contribution in [1.29, 1.82) is 0 Å². The number of furan rings is 1. The molecule has 2 aromatic heterocycles. The van der Waals surface area contributed by atoms with Gasteiger partial charge in [-0.05, 0) is 71.5 Å². The van der Waals surface area contributed by atoms with Crippen LogP contribution in [-0.2, 0) is 0 Å². The highest BCUT2D eigenvalue weighted by molar-refractivity contribution is 9.10. The molecule has 8 heteroatoms. The van der Waals surface area contributed by atoms with Gasteiger partial charge in [0.2, 0.25) is 0 Å². The highest BCUT2D eigenvalue weighted by Crippen LogP contribution is 2.24. The van der Waals surface area contributed by atoms with Crippen LogP contribution in [0.15, 0.2) is 61.9 Å². The Morgan fingerprint density at radius 3 is 2.50 bits per heavy atom. The van der Waals surface area contributed by atoms with Crippen LogP contribution in [0.3, 0.4) is 0 Å². The number of halogens is 2. The number of nitrogens with zero attached hydrogens (tertiary/aromatic N) is 1. The fourth-order valence-electron chi connectivity index (χ4n) is 2.16. The summed E-state index contributed by atoms with van der Waals surface area (Å²) in [5.41, 5.74) is 1.69. The van der Waals surface area contributed by atoms with Gasteiger partial charge in [-0.3, -0.25) is 10.1 Å². The van der Waals surface area contributed by atoms with Crippen LogP contribution in [0.4, 0.5) is 5.82 Å². The minimum absolute atomic E-state index is 0.144. The summed E-state index contributed by atoms with van der Waals surface area (Å²) < 4.78 is 7.49. The normalized spacial score (nSPS) is 10.4. The number of hydrogen-bond donors (Lipinski definition) is 2. The first-order valence-electron chi connectivity index (χ1n) is 7.53. The van der Waals surface area contributed by atoms with Gasteiger partial charge in [0.15, 0.2) is 10.9 Å². The van der Waals surface area contributed by atoms with Crippen LogP contribution in [0.1, 0.15) is 16.2 Å². The maximum Gasteiger partial charge on any atom is 0.293 e. The monoisotopic (exact) mass is 493 g/mol. The molecular formula is C18H13Br2N3O2S. The average Bonchev–Trinajstić information content (AvgIpc) is 3.09. The second kappa shape index (κ2) is 8.11. The zero-order valence-corrected chi connectivity index (χ0v) is 17.5. The zero-order chi connectivity index (χ0) is 18.7. The van der Waals surface area contributed by atoms with Gasteiger partial charge in [-0.15, -0.1) is 0 Å². The number of amides is 1. The van der Waals surface area contributed by atoms with E-state index in [0.29, 0.717) is 11.6 Å². The summed E-state index contributed by atoms with van der Waals surface area (Å²) in [6.07, 6.45) is 0. The predicted octanol–water partition coefficient (Wildman–Crippen LogP) is 5.30. The fraction of sp³-hybridized carbons (Fsp3) is 0.0556. The standard InChI is InChI=1S/C18H13Br2N3O2S/c1-10-13(20)6-9-16(21-10)22-18(26)23-17(24)15-8-7-14(25-15)11-2-4-12(19)5-3-11/h2-9H,1H3,(H2,21,22,23,24,26). The first kappa shape index (κ1) is 18.8. The van der Waals surface area contributed by atoms with Gasteiger partial charge in [-0.25, -0.2) is 4.98 Å². The molecule has 0 saturated heterocycles. The number of benzene rings is 1. The molecular weight excluding hydrogens is 482 g/mol. The maximum atomic E-state index is 12.3. The second-order valence-corrected chi connectivity index (χ2v) is 7.52. The van der Waals surface area contributed by atoms with E-state index in [1.165, 1.54) is 0 Å². The maximum absolute atomic E-state index is 12.3. The van der Waals surface area contributed by atoms with E-state index in [1.807, 2.05) is 37.3 Å². The molecule has 0 aliphatic carbocycles. The summed E-state index contributed by atoms with van der Waals surface area (Å²) in [7, 11) is 0. The Morgan fingerprint density at radius 1 is 1.08 bits per heavy atom.